The molecule has 0 amide bonds. The highest BCUT2D eigenvalue weighted by Gasteiger charge is 2.53. The first-order valence-corrected chi connectivity index (χ1v) is 21.4. The number of hydrogen-bond acceptors (Lipinski definition) is 7. The number of nitrogens with zero attached hydrogens (tertiary/aromatic N) is 1. The highest BCUT2D eigenvalue weighted by atomic mass is 32.2. The quantitative estimate of drug-likeness (QED) is 0.109. The van der Waals surface area contributed by atoms with Crippen LogP contribution in [0.15, 0.2) is 120 Å². The summed E-state index contributed by atoms with van der Waals surface area (Å²) in [7, 11) is -0.532. The van der Waals surface area contributed by atoms with Crippen LogP contribution in [0.3, 0.4) is 0 Å². The Morgan fingerprint density at radius 1 is 0.714 bits per heavy atom. The lowest BCUT2D eigenvalue weighted by Gasteiger charge is -2.49. The molecule has 6 nitrogen and oxygen atoms in total. The average Bonchev–Trinajstić information content (AvgIpc) is 3.12. The smallest absolute Gasteiger partial charge is 0.142 e. The van der Waals surface area contributed by atoms with Crippen LogP contribution in [-0.2, 0) is 43.5 Å². The third-order valence-electron chi connectivity index (χ3n) is 9.22. The van der Waals surface area contributed by atoms with E-state index in [0.29, 0.717) is 32.8 Å². The fourth-order valence-corrected chi connectivity index (χ4v) is 9.28. The molecule has 8 heteroatoms. The lowest BCUT2D eigenvalue weighted by molar-refractivity contribution is -0.221. The highest BCUT2D eigenvalue weighted by Crippen LogP contribution is 2.43. The van der Waals surface area contributed by atoms with Gasteiger partial charge in [-0.15, -0.1) is 11.8 Å². The number of aryl methyl sites for hydroxylation is 1. The Hall–Kier alpha value is -3.26. The van der Waals surface area contributed by atoms with Crippen molar-refractivity contribution in [3.8, 4) is 6.07 Å². The van der Waals surface area contributed by atoms with E-state index in [4.69, 9.17) is 23.7 Å². The van der Waals surface area contributed by atoms with Crippen LogP contribution in [0.1, 0.15) is 28.7 Å². The van der Waals surface area contributed by atoms with Crippen molar-refractivity contribution < 1.29 is 23.7 Å². The molecule has 4 aromatic carbocycles. The molecule has 49 heavy (non-hydrogen) atoms. The van der Waals surface area contributed by atoms with E-state index in [1.54, 1.807) is 18.9 Å². The normalized spacial score (nSPS) is 22.2. The SMILES string of the molecule is CO[C@@](C#N)(C[C@@H]1O[C@H](COCc2ccccc2)[C@@H](OCc2ccccc2)[C@H](OCc2ccccc2)[C@H]1Sc1ccc(C)cc1)[Si](C)(C)C. The van der Waals surface area contributed by atoms with Crippen molar-refractivity contribution >= 4 is 19.8 Å². The van der Waals surface area contributed by atoms with Crippen molar-refractivity contribution in [3.05, 3.63) is 138 Å². The van der Waals surface area contributed by atoms with Gasteiger partial charge in [0, 0.05) is 18.4 Å². The Labute approximate surface area is 297 Å². The molecule has 1 aliphatic heterocycles. The molecule has 6 atom stereocenters. The Morgan fingerprint density at radius 2 is 1.22 bits per heavy atom. The van der Waals surface area contributed by atoms with E-state index in [-0.39, 0.29) is 11.4 Å². The first-order valence-electron chi connectivity index (χ1n) is 17.0. The topological polar surface area (TPSA) is 69.9 Å². The van der Waals surface area contributed by atoms with Crippen molar-refractivity contribution in [1.29, 1.82) is 5.26 Å². The number of nitriles is 1. The second kappa shape index (κ2) is 17.6. The van der Waals surface area contributed by atoms with Crippen LogP contribution in [0.4, 0.5) is 0 Å². The zero-order valence-corrected chi connectivity index (χ0v) is 31.1. The summed E-state index contributed by atoms with van der Waals surface area (Å²) in [5.41, 5.74) is 4.43. The molecule has 0 radical (unpaired) electrons. The van der Waals surface area contributed by atoms with E-state index in [0.717, 1.165) is 21.6 Å². The summed E-state index contributed by atoms with van der Waals surface area (Å²) in [5.74, 6) is 0. The van der Waals surface area contributed by atoms with Crippen LogP contribution in [-0.4, -0.2) is 56.7 Å². The fraction of sp³-hybridized carbons (Fsp3) is 0.390. The van der Waals surface area contributed by atoms with Gasteiger partial charge in [0.05, 0.1) is 43.9 Å². The summed E-state index contributed by atoms with van der Waals surface area (Å²) in [6.07, 6.45) is -1.28. The average molecular weight is 696 g/mol. The number of thioether (sulfide) groups is 1. The number of methoxy groups -OCH3 is 1. The molecule has 1 fully saturated rings. The van der Waals surface area contributed by atoms with E-state index < -0.39 is 31.6 Å². The third-order valence-corrected chi connectivity index (χ3v) is 13.5. The molecule has 0 spiro atoms. The fourth-order valence-electron chi connectivity index (χ4n) is 6.24. The number of rotatable bonds is 16. The summed E-state index contributed by atoms with van der Waals surface area (Å²) >= 11 is 1.72. The van der Waals surface area contributed by atoms with Gasteiger partial charge in [0.25, 0.3) is 0 Å². The van der Waals surface area contributed by atoms with Gasteiger partial charge in [0.2, 0.25) is 0 Å². The molecular formula is C41H49NO5SSi. The van der Waals surface area contributed by atoms with E-state index in [2.05, 4.69) is 93.3 Å². The van der Waals surface area contributed by atoms with E-state index in [1.165, 1.54) is 5.56 Å². The highest BCUT2D eigenvalue weighted by molar-refractivity contribution is 8.00. The van der Waals surface area contributed by atoms with Crippen LogP contribution >= 0.6 is 11.8 Å². The number of benzene rings is 4. The van der Waals surface area contributed by atoms with Crippen molar-refractivity contribution in [2.75, 3.05) is 13.7 Å². The molecule has 5 rings (SSSR count). The van der Waals surface area contributed by atoms with Gasteiger partial charge >= 0.3 is 0 Å². The molecular weight excluding hydrogens is 647 g/mol. The molecule has 1 heterocycles. The van der Waals surface area contributed by atoms with Gasteiger partial charge < -0.3 is 23.7 Å². The summed E-state index contributed by atoms with van der Waals surface area (Å²) in [6.45, 7) is 10.2. The van der Waals surface area contributed by atoms with Gasteiger partial charge in [-0.1, -0.05) is 128 Å². The van der Waals surface area contributed by atoms with Crippen LogP contribution < -0.4 is 0 Å². The maximum absolute atomic E-state index is 10.7. The monoisotopic (exact) mass is 695 g/mol. The molecule has 0 unspecified atom stereocenters. The van der Waals surface area contributed by atoms with Crippen LogP contribution in [0, 0.1) is 18.3 Å². The predicted molar refractivity (Wildman–Crippen MR) is 199 cm³/mol. The molecule has 0 bridgehead atoms. The Morgan fingerprint density at radius 3 is 1.71 bits per heavy atom. The maximum Gasteiger partial charge on any atom is 0.142 e. The lowest BCUT2D eigenvalue weighted by atomic mass is 9.93. The first-order chi connectivity index (χ1) is 23.7. The number of ether oxygens (including phenoxy) is 5. The van der Waals surface area contributed by atoms with Crippen molar-refractivity contribution in [2.24, 2.45) is 0 Å². The minimum absolute atomic E-state index is 0.211. The summed E-state index contributed by atoms with van der Waals surface area (Å²) < 4.78 is 33.4. The van der Waals surface area contributed by atoms with Gasteiger partial charge in [0.1, 0.15) is 31.6 Å². The minimum Gasteiger partial charge on any atom is -0.374 e. The van der Waals surface area contributed by atoms with Crippen LogP contribution in [0.2, 0.25) is 19.6 Å². The maximum atomic E-state index is 10.7. The predicted octanol–water partition coefficient (Wildman–Crippen LogP) is 8.79. The number of hydrogen-bond donors (Lipinski definition) is 0. The second-order valence-corrected chi connectivity index (χ2v) is 20.3. The van der Waals surface area contributed by atoms with E-state index >= 15 is 0 Å². The molecule has 0 aliphatic carbocycles. The second-order valence-electron chi connectivity index (χ2n) is 13.7. The standard InChI is InChI=1S/C41H49NO5SSi/c1-31-21-23-35(24-22-31)48-40-36(25-41(30-42,43-2)49(3,4)5)47-37(29-44-26-32-15-9-6-10-16-32)38(45-27-33-17-11-7-12-18-33)39(40)46-28-34-19-13-8-14-20-34/h6-24,36-40H,25-29H2,1-5H3/t36-,37+,38+,39-,40-,41-/m0/s1. The molecule has 4 aromatic rings. The summed E-state index contributed by atoms with van der Waals surface area (Å²) in [6, 6.07) is 41.7. The van der Waals surface area contributed by atoms with Gasteiger partial charge in [0.15, 0.2) is 0 Å². The lowest BCUT2D eigenvalue weighted by Crippen LogP contribution is -2.63. The molecule has 0 saturated carbocycles. The zero-order valence-electron chi connectivity index (χ0n) is 29.3. The van der Waals surface area contributed by atoms with E-state index in [9.17, 15) is 5.26 Å². The Balaban J connectivity index is 1.55. The van der Waals surface area contributed by atoms with Crippen LogP contribution in [0.25, 0.3) is 0 Å². The van der Waals surface area contributed by atoms with Crippen molar-refractivity contribution in [3.63, 3.8) is 0 Å². The van der Waals surface area contributed by atoms with Crippen molar-refractivity contribution in [1.82, 2.24) is 0 Å². The molecule has 258 valence electrons. The van der Waals surface area contributed by atoms with Gasteiger partial charge in [-0.3, -0.25) is 0 Å². The third kappa shape index (κ3) is 9.92. The van der Waals surface area contributed by atoms with E-state index in [1.807, 2.05) is 54.6 Å². The largest absolute Gasteiger partial charge is 0.374 e. The molecule has 0 aromatic heterocycles. The minimum atomic E-state index is -2.19. The van der Waals surface area contributed by atoms with Crippen LogP contribution in [0.5, 0.6) is 0 Å². The van der Waals surface area contributed by atoms with Gasteiger partial charge in [-0.25, -0.2) is 0 Å². The summed E-state index contributed by atoms with van der Waals surface area (Å²) in [5, 5.41) is 9.50. The Bertz CT molecular complexity index is 1600. The molecule has 1 aliphatic rings. The van der Waals surface area contributed by atoms with Crippen molar-refractivity contribution in [2.45, 2.75) is 92.6 Å². The molecule has 1 saturated heterocycles. The van der Waals surface area contributed by atoms with Gasteiger partial charge in [-0.05, 0) is 35.7 Å². The molecule has 0 N–H and O–H groups in total. The van der Waals surface area contributed by atoms with Gasteiger partial charge in [-0.2, -0.15) is 5.26 Å². The summed E-state index contributed by atoms with van der Waals surface area (Å²) in [4.78, 5) is 1.10. The Kier molecular flexibility index (Phi) is 13.3. The first kappa shape index (κ1) is 37.0. The zero-order chi connectivity index (χ0) is 34.7.